The first-order valence-corrected chi connectivity index (χ1v) is 7.08. The molecule has 0 amide bonds. The fraction of sp³-hybridized carbons (Fsp3) is 0.286. The molecule has 0 aliphatic rings. The average Bonchev–Trinajstić information content (AvgIpc) is 2.69. The summed E-state index contributed by atoms with van der Waals surface area (Å²) in [6.07, 6.45) is 0. The van der Waals surface area contributed by atoms with E-state index in [1.807, 2.05) is 6.92 Å². The van der Waals surface area contributed by atoms with E-state index in [1.54, 1.807) is 36.0 Å². The van der Waals surface area contributed by atoms with Crippen LogP contribution in [-0.4, -0.2) is 22.4 Å². The van der Waals surface area contributed by atoms with Crippen molar-refractivity contribution in [1.82, 2.24) is 9.78 Å². The van der Waals surface area contributed by atoms with E-state index in [1.165, 1.54) is 0 Å². The smallest absolute Gasteiger partial charge is 0.344 e. The van der Waals surface area contributed by atoms with E-state index in [2.05, 4.69) is 21.0 Å². The Balaban J connectivity index is 1.83. The van der Waals surface area contributed by atoms with Crippen LogP contribution in [0.3, 0.4) is 0 Å². The molecule has 1 aromatic heterocycles. The van der Waals surface area contributed by atoms with Crippen LogP contribution in [0.4, 0.5) is 5.69 Å². The summed E-state index contributed by atoms with van der Waals surface area (Å²) in [7, 11) is 1.80. The second-order valence-corrected chi connectivity index (χ2v) is 5.28. The first kappa shape index (κ1) is 15.4. The van der Waals surface area contributed by atoms with Crippen molar-refractivity contribution in [3.05, 3.63) is 40.1 Å². The fourth-order valence-corrected chi connectivity index (χ4v) is 2.18. The normalized spacial score (nSPS) is 10.4. The number of anilines is 1. The van der Waals surface area contributed by atoms with Crippen molar-refractivity contribution in [2.75, 3.05) is 12.3 Å². The summed E-state index contributed by atoms with van der Waals surface area (Å²) in [5, 5.41) is 4.23. The third-order valence-electron chi connectivity index (χ3n) is 2.87. The van der Waals surface area contributed by atoms with Crippen LogP contribution in [0.25, 0.3) is 0 Å². The summed E-state index contributed by atoms with van der Waals surface area (Å²) in [5.41, 5.74) is 7.85. The van der Waals surface area contributed by atoms with Gasteiger partial charge < -0.3 is 15.2 Å². The van der Waals surface area contributed by atoms with Crippen LogP contribution in [0.5, 0.6) is 5.75 Å². The first-order chi connectivity index (χ1) is 9.97. The molecule has 0 spiro atoms. The Morgan fingerprint density at radius 3 is 2.62 bits per heavy atom. The lowest BCUT2D eigenvalue weighted by molar-refractivity contribution is -0.147. The summed E-state index contributed by atoms with van der Waals surface area (Å²) >= 11 is 3.42. The number of hydrogen-bond donors (Lipinski definition) is 1. The van der Waals surface area contributed by atoms with Crippen LogP contribution in [0.1, 0.15) is 11.4 Å². The topological polar surface area (TPSA) is 79.4 Å². The molecule has 0 radical (unpaired) electrons. The Morgan fingerprint density at radius 2 is 2.05 bits per heavy atom. The summed E-state index contributed by atoms with van der Waals surface area (Å²) in [6.45, 7) is 1.86. The molecule has 1 aromatic carbocycles. The van der Waals surface area contributed by atoms with E-state index >= 15 is 0 Å². The highest BCUT2D eigenvalue weighted by Gasteiger charge is 2.13. The molecular weight excluding hydrogens is 338 g/mol. The van der Waals surface area contributed by atoms with Gasteiger partial charge in [-0.05, 0) is 47.1 Å². The second-order valence-electron chi connectivity index (χ2n) is 4.49. The van der Waals surface area contributed by atoms with Crippen LogP contribution < -0.4 is 10.5 Å². The number of carbonyl (C=O) groups is 1. The number of nitrogen functional groups attached to an aromatic ring is 1. The van der Waals surface area contributed by atoms with E-state index in [0.29, 0.717) is 11.4 Å². The maximum atomic E-state index is 11.7. The molecule has 0 saturated heterocycles. The van der Waals surface area contributed by atoms with Crippen molar-refractivity contribution >= 4 is 27.6 Å². The van der Waals surface area contributed by atoms with Gasteiger partial charge in [-0.15, -0.1) is 0 Å². The Morgan fingerprint density at radius 1 is 1.38 bits per heavy atom. The molecule has 0 fully saturated rings. The molecule has 2 N–H and O–H groups in total. The first-order valence-electron chi connectivity index (χ1n) is 6.29. The predicted octanol–water partition coefficient (Wildman–Crippen LogP) is 2.20. The highest BCUT2D eigenvalue weighted by atomic mass is 79.9. The van der Waals surface area contributed by atoms with Gasteiger partial charge in [0, 0.05) is 12.7 Å². The molecule has 7 heteroatoms. The molecule has 0 bridgehead atoms. The summed E-state index contributed by atoms with van der Waals surface area (Å²) in [5.74, 6) is 0.122. The Labute approximate surface area is 131 Å². The van der Waals surface area contributed by atoms with Crippen LogP contribution in [-0.2, 0) is 23.2 Å². The number of halogens is 1. The van der Waals surface area contributed by atoms with Gasteiger partial charge in [0.25, 0.3) is 0 Å². The Kier molecular flexibility index (Phi) is 4.85. The quantitative estimate of drug-likeness (QED) is 0.658. The number of esters is 1. The number of hydrogen-bond acceptors (Lipinski definition) is 5. The minimum atomic E-state index is -0.447. The Bertz CT molecular complexity index is 638. The number of ether oxygens (including phenoxy) is 2. The Hall–Kier alpha value is -2.02. The largest absolute Gasteiger partial charge is 0.482 e. The number of benzene rings is 1. The minimum Gasteiger partial charge on any atom is -0.482 e. The second kappa shape index (κ2) is 6.62. The van der Waals surface area contributed by atoms with Crippen molar-refractivity contribution in [1.29, 1.82) is 0 Å². The molecule has 1 heterocycles. The van der Waals surface area contributed by atoms with Gasteiger partial charge in [0.1, 0.15) is 12.4 Å². The van der Waals surface area contributed by atoms with Gasteiger partial charge in [0.15, 0.2) is 6.61 Å². The number of aromatic nitrogens is 2. The van der Waals surface area contributed by atoms with Crippen molar-refractivity contribution in [2.45, 2.75) is 13.5 Å². The van der Waals surface area contributed by atoms with Crippen molar-refractivity contribution in [3.63, 3.8) is 0 Å². The van der Waals surface area contributed by atoms with E-state index in [-0.39, 0.29) is 13.2 Å². The number of carbonyl (C=O) groups excluding carboxylic acids is 1. The van der Waals surface area contributed by atoms with Gasteiger partial charge in [-0.2, -0.15) is 5.10 Å². The number of rotatable bonds is 5. The molecule has 2 aromatic rings. The summed E-state index contributed by atoms with van der Waals surface area (Å²) < 4.78 is 13.0. The van der Waals surface area contributed by atoms with Crippen LogP contribution >= 0.6 is 15.9 Å². The number of nitrogens with two attached hydrogens (primary N) is 1. The van der Waals surface area contributed by atoms with Gasteiger partial charge in [0.2, 0.25) is 0 Å². The zero-order chi connectivity index (χ0) is 15.4. The molecule has 0 saturated carbocycles. The predicted molar refractivity (Wildman–Crippen MR) is 81.8 cm³/mol. The van der Waals surface area contributed by atoms with E-state index in [0.717, 1.165) is 15.9 Å². The van der Waals surface area contributed by atoms with Gasteiger partial charge in [-0.25, -0.2) is 4.79 Å². The highest BCUT2D eigenvalue weighted by molar-refractivity contribution is 9.10. The summed E-state index contributed by atoms with van der Waals surface area (Å²) in [4.78, 5) is 11.7. The highest BCUT2D eigenvalue weighted by Crippen LogP contribution is 2.21. The zero-order valence-electron chi connectivity index (χ0n) is 11.8. The third-order valence-corrected chi connectivity index (χ3v) is 3.90. The molecule has 0 aliphatic carbocycles. The molecule has 6 nitrogen and oxygen atoms in total. The van der Waals surface area contributed by atoms with Crippen LogP contribution in [0, 0.1) is 6.92 Å². The van der Waals surface area contributed by atoms with Crippen molar-refractivity contribution in [2.24, 2.45) is 7.05 Å². The van der Waals surface area contributed by atoms with E-state index < -0.39 is 5.97 Å². The maximum Gasteiger partial charge on any atom is 0.344 e. The lowest BCUT2D eigenvalue weighted by Crippen LogP contribution is -2.15. The number of aryl methyl sites for hydroxylation is 2. The lowest BCUT2D eigenvalue weighted by atomic mass is 10.3. The molecule has 0 aliphatic heterocycles. The van der Waals surface area contributed by atoms with Crippen molar-refractivity contribution in [3.8, 4) is 5.75 Å². The SMILES string of the molecule is Cc1nn(C)c(COC(=O)COc2ccc(N)cc2)c1Br. The maximum absolute atomic E-state index is 11.7. The monoisotopic (exact) mass is 353 g/mol. The average molecular weight is 354 g/mol. The molecule has 112 valence electrons. The number of nitrogens with zero attached hydrogens (tertiary/aromatic N) is 2. The van der Waals surface area contributed by atoms with Gasteiger partial charge in [-0.1, -0.05) is 0 Å². The van der Waals surface area contributed by atoms with Crippen molar-refractivity contribution < 1.29 is 14.3 Å². The van der Waals surface area contributed by atoms with Gasteiger partial charge in [0.05, 0.1) is 15.9 Å². The standard InChI is InChI=1S/C14H16BrN3O3/c1-9-14(15)12(18(2)17-9)7-21-13(19)8-20-11-5-3-10(16)4-6-11/h3-6H,7-8,16H2,1-2H3. The minimum absolute atomic E-state index is 0.141. The van der Waals surface area contributed by atoms with Crippen LogP contribution in [0.2, 0.25) is 0 Å². The van der Waals surface area contributed by atoms with Gasteiger partial charge >= 0.3 is 5.97 Å². The fourth-order valence-electron chi connectivity index (χ4n) is 1.73. The summed E-state index contributed by atoms with van der Waals surface area (Å²) in [6, 6.07) is 6.81. The molecule has 2 rings (SSSR count). The van der Waals surface area contributed by atoms with Crippen LogP contribution in [0.15, 0.2) is 28.7 Å². The molecule has 21 heavy (non-hydrogen) atoms. The van der Waals surface area contributed by atoms with E-state index in [9.17, 15) is 4.79 Å². The molecular formula is C14H16BrN3O3. The zero-order valence-corrected chi connectivity index (χ0v) is 13.4. The van der Waals surface area contributed by atoms with E-state index in [4.69, 9.17) is 15.2 Å². The molecule has 0 unspecified atom stereocenters. The third kappa shape index (κ3) is 3.98. The van der Waals surface area contributed by atoms with Gasteiger partial charge in [-0.3, -0.25) is 4.68 Å². The molecule has 0 atom stereocenters. The lowest BCUT2D eigenvalue weighted by Gasteiger charge is -2.08.